The zero-order valence-electron chi connectivity index (χ0n) is 53.5. The summed E-state index contributed by atoms with van der Waals surface area (Å²) >= 11 is 0. The van der Waals surface area contributed by atoms with Crippen molar-refractivity contribution in [3.63, 3.8) is 0 Å². The number of carbonyl (C=O) groups excluding carboxylic acids is 3. The molecular weight excluding hydrogens is 1010 g/mol. The molecule has 0 aromatic rings. The zero-order chi connectivity index (χ0) is 59.2. The van der Waals surface area contributed by atoms with Crippen LogP contribution in [0.3, 0.4) is 0 Å². The number of unbranched alkanes of at least 4 members (excludes halogenated alkanes) is 28. The van der Waals surface area contributed by atoms with Crippen LogP contribution in [0.15, 0.2) is 134 Å². The third-order valence-corrected chi connectivity index (χ3v) is 14.4. The van der Waals surface area contributed by atoms with Crippen molar-refractivity contribution in [2.24, 2.45) is 0 Å². The molecule has 0 spiro atoms. The number of carbonyl (C=O) groups is 3. The quantitative estimate of drug-likeness (QED) is 0.0261. The molecule has 466 valence electrons. The van der Waals surface area contributed by atoms with Gasteiger partial charge in [-0.05, 0) is 116 Å². The van der Waals surface area contributed by atoms with Crippen LogP contribution in [-0.2, 0) is 28.6 Å². The maximum absolute atomic E-state index is 13.0. The third-order valence-electron chi connectivity index (χ3n) is 14.4. The van der Waals surface area contributed by atoms with Gasteiger partial charge in [0, 0.05) is 19.3 Å². The zero-order valence-corrected chi connectivity index (χ0v) is 53.5. The summed E-state index contributed by atoms with van der Waals surface area (Å²) in [6.45, 7) is 6.41. The molecule has 0 bridgehead atoms. The Morgan fingerprint density at radius 2 is 0.476 bits per heavy atom. The van der Waals surface area contributed by atoms with Crippen LogP contribution in [-0.4, -0.2) is 37.2 Å². The summed E-state index contributed by atoms with van der Waals surface area (Å²) in [5.41, 5.74) is 0. The van der Waals surface area contributed by atoms with Crippen LogP contribution in [0.1, 0.15) is 310 Å². The number of rotatable bonds is 61. The highest BCUT2D eigenvalue weighted by atomic mass is 16.6. The van der Waals surface area contributed by atoms with Gasteiger partial charge in [0.05, 0.1) is 0 Å². The van der Waals surface area contributed by atoms with Crippen molar-refractivity contribution >= 4 is 17.9 Å². The van der Waals surface area contributed by atoms with Gasteiger partial charge >= 0.3 is 17.9 Å². The predicted molar refractivity (Wildman–Crippen MR) is 357 cm³/mol. The van der Waals surface area contributed by atoms with Crippen molar-refractivity contribution in [3.8, 4) is 0 Å². The minimum absolute atomic E-state index is 0.0912. The smallest absolute Gasteiger partial charge is 0.306 e. The van der Waals surface area contributed by atoms with Gasteiger partial charge in [0.1, 0.15) is 13.2 Å². The van der Waals surface area contributed by atoms with Gasteiger partial charge in [-0.3, -0.25) is 14.4 Å². The van der Waals surface area contributed by atoms with Gasteiger partial charge in [0.2, 0.25) is 0 Å². The van der Waals surface area contributed by atoms with E-state index in [1.165, 1.54) is 135 Å². The molecule has 0 radical (unpaired) electrons. The van der Waals surface area contributed by atoms with E-state index in [1.54, 1.807) is 0 Å². The molecule has 0 fully saturated rings. The SMILES string of the molecule is CC/C=C\C/C=C\C/C=C\C/C=C\C/C=C\C/C=C\C/C=C\CCCCCC(=O)OCC(COC(=O)CCCCCCCCCCCCCCCCCC)OC(=O)CCCCCCCCCCCC/C=C\C/C=C\C/C=C\C/C=C\CC. The van der Waals surface area contributed by atoms with E-state index in [2.05, 4.69) is 154 Å². The van der Waals surface area contributed by atoms with Crippen LogP contribution < -0.4 is 0 Å². The summed E-state index contributed by atoms with van der Waals surface area (Å²) in [4.78, 5) is 38.4. The minimum Gasteiger partial charge on any atom is -0.462 e. The van der Waals surface area contributed by atoms with Gasteiger partial charge in [-0.15, -0.1) is 0 Å². The molecule has 0 aromatic carbocycles. The molecule has 1 unspecified atom stereocenters. The molecular formula is C76H126O6. The van der Waals surface area contributed by atoms with E-state index in [4.69, 9.17) is 14.2 Å². The molecule has 0 saturated carbocycles. The highest BCUT2D eigenvalue weighted by molar-refractivity contribution is 5.71. The molecule has 82 heavy (non-hydrogen) atoms. The molecule has 0 rings (SSSR count). The van der Waals surface area contributed by atoms with Gasteiger partial charge < -0.3 is 14.2 Å². The van der Waals surface area contributed by atoms with Crippen molar-refractivity contribution in [2.45, 2.75) is 316 Å². The molecule has 0 saturated heterocycles. The largest absolute Gasteiger partial charge is 0.462 e. The molecule has 0 aromatic heterocycles. The van der Waals surface area contributed by atoms with Crippen LogP contribution in [0.5, 0.6) is 0 Å². The number of esters is 3. The first-order valence-electron chi connectivity index (χ1n) is 34.2. The fourth-order valence-electron chi connectivity index (χ4n) is 9.36. The molecule has 6 heteroatoms. The standard InChI is InChI=1S/C76H126O6/c1-4-7-10-13-16-19-22-25-28-31-33-35-37-38-40-41-43-45-48-51-54-57-60-63-66-69-75(78)81-72-73(71-80-74(77)68-65-62-59-56-53-50-47-30-27-24-21-18-15-12-9-6-3)82-76(79)70-67-64-61-58-55-52-49-46-44-42-39-36-34-32-29-26-23-20-17-14-11-8-5-2/h7-8,10-11,16-17,19-20,25-26,28-29,33-36,38,40,43,45,51,54,73H,4-6,9,12-15,18,21-24,27,30-32,37,39,41-42,44,46-50,52-53,55-72H2,1-3H3/b10-7-,11-8-,19-16-,20-17-,28-25-,29-26-,35-33-,36-34-,40-38-,45-43-,54-51-. The first-order valence-corrected chi connectivity index (χ1v) is 34.2. The van der Waals surface area contributed by atoms with Gasteiger partial charge in [0.25, 0.3) is 0 Å². The Bertz CT molecular complexity index is 1730. The molecule has 6 nitrogen and oxygen atoms in total. The molecule has 0 aliphatic carbocycles. The van der Waals surface area contributed by atoms with Crippen LogP contribution in [0.25, 0.3) is 0 Å². The lowest BCUT2D eigenvalue weighted by Gasteiger charge is -2.18. The van der Waals surface area contributed by atoms with Gasteiger partial charge in [-0.2, -0.15) is 0 Å². The van der Waals surface area contributed by atoms with Crippen LogP contribution in [0.2, 0.25) is 0 Å². The van der Waals surface area contributed by atoms with Gasteiger partial charge in [0.15, 0.2) is 6.10 Å². The molecule has 0 N–H and O–H groups in total. The summed E-state index contributed by atoms with van der Waals surface area (Å²) < 4.78 is 17.0. The summed E-state index contributed by atoms with van der Waals surface area (Å²) in [5, 5.41) is 0. The van der Waals surface area contributed by atoms with Crippen molar-refractivity contribution in [3.05, 3.63) is 134 Å². The Hall–Kier alpha value is -4.45. The fraction of sp³-hybridized carbons (Fsp3) is 0.671. The Kier molecular flexibility index (Phi) is 65.3. The number of allylic oxidation sites excluding steroid dienone is 22. The van der Waals surface area contributed by atoms with Crippen LogP contribution >= 0.6 is 0 Å². The van der Waals surface area contributed by atoms with Crippen molar-refractivity contribution < 1.29 is 28.6 Å². The second-order valence-corrected chi connectivity index (χ2v) is 22.3. The van der Waals surface area contributed by atoms with Gasteiger partial charge in [-0.1, -0.05) is 309 Å². The fourth-order valence-corrected chi connectivity index (χ4v) is 9.36. The van der Waals surface area contributed by atoms with E-state index in [0.29, 0.717) is 19.3 Å². The van der Waals surface area contributed by atoms with E-state index in [-0.39, 0.29) is 31.1 Å². The van der Waals surface area contributed by atoms with Crippen molar-refractivity contribution in [1.29, 1.82) is 0 Å². The second-order valence-electron chi connectivity index (χ2n) is 22.3. The maximum atomic E-state index is 13.0. The van der Waals surface area contributed by atoms with E-state index in [0.717, 1.165) is 135 Å². The lowest BCUT2D eigenvalue weighted by Crippen LogP contribution is -2.30. The highest BCUT2D eigenvalue weighted by Gasteiger charge is 2.19. The van der Waals surface area contributed by atoms with Crippen LogP contribution in [0.4, 0.5) is 0 Å². The minimum atomic E-state index is -0.800. The molecule has 0 aliphatic rings. The van der Waals surface area contributed by atoms with Crippen molar-refractivity contribution in [2.75, 3.05) is 13.2 Å². The Labute approximate surface area is 506 Å². The maximum Gasteiger partial charge on any atom is 0.306 e. The molecule has 1 atom stereocenters. The monoisotopic (exact) mass is 1130 g/mol. The summed E-state index contributed by atoms with van der Waals surface area (Å²) in [6, 6.07) is 0. The number of hydrogen-bond donors (Lipinski definition) is 0. The average molecular weight is 1140 g/mol. The first kappa shape index (κ1) is 77.5. The Morgan fingerprint density at radius 1 is 0.256 bits per heavy atom. The first-order chi connectivity index (χ1) is 40.5. The van der Waals surface area contributed by atoms with E-state index in [9.17, 15) is 14.4 Å². The second kappa shape index (κ2) is 69.0. The predicted octanol–water partition coefficient (Wildman–Crippen LogP) is 23.7. The molecule has 0 aliphatic heterocycles. The van der Waals surface area contributed by atoms with E-state index < -0.39 is 6.10 Å². The van der Waals surface area contributed by atoms with E-state index >= 15 is 0 Å². The van der Waals surface area contributed by atoms with Gasteiger partial charge in [-0.25, -0.2) is 0 Å². The summed E-state index contributed by atoms with van der Waals surface area (Å²) in [7, 11) is 0. The molecule has 0 heterocycles. The van der Waals surface area contributed by atoms with Crippen molar-refractivity contribution in [1.82, 2.24) is 0 Å². The molecule has 0 amide bonds. The summed E-state index contributed by atoms with van der Waals surface area (Å²) in [5.74, 6) is -0.921. The normalized spacial score (nSPS) is 13.0. The topological polar surface area (TPSA) is 78.9 Å². The Morgan fingerprint density at radius 3 is 0.756 bits per heavy atom. The Balaban J connectivity index is 4.45. The summed E-state index contributed by atoms with van der Waals surface area (Å²) in [6.07, 6.45) is 97.4. The van der Waals surface area contributed by atoms with Crippen LogP contribution in [0, 0.1) is 0 Å². The third kappa shape index (κ3) is 66.4. The number of ether oxygens (including phenoxy) is 3. The highest BCUT2D eigenvalue weighted by Crippen LogP contribution is 2.16. The van der Waals surface area contributed by atoms with E-state index in [1.807, 2.05) is 0 Å². The lowest BCUT2D eigenvalue weighted by atomic mass is 10.0. The lowest BCUT2D eigenvalue weighted by molar-refractivity contribution is -0.167. The average Bonchev–Trinajstić information content (AvgIpc) is 3.47. The number of hydrogen-bond acceptors (Lipinski definition) is 6.